The van der Waals surface area contributed by atoms with Gasteiger partial charge >= 0.3 is 11.9 Å². The Morgan fingerprint density at radius 3 is 2.48 bits per heavy atom. The van der Waals surface area contributed by atoms with Crippen molar-refractivity contribution in [3.63, 3.8) is 0 Å². The van der Waals surface area contributed by atoms with Gasteiger partial charge in [-0.2, -0.15) is 0 Å². The number of phenolic OH excluding ortho intramolecular Hbond substituents is 1. The number of hydrogen-bond acceptors (Lipinski definition) is 14. The van der Waals surface area contributed by atoms with E-state index in [2.05, 4.69) is 52.8 Å². The first-order valence-electron chi connectivity index (χ1n) is 29.9. The zero-order valence-corrected chi connectivity index (χ0v) is 46.6. The maximum atomic E-state index is 16.3. The highest BCUT2D eigenvalue weighted by molar-refractivity contribution is 5.90. The van der Waals surface area contributed by atoms with E-state index in [1.54, 1.807) is 0 Å². The van der Waals surface area contributed by atoms with E-state index in [9.17, 15) is 40.2 Å². The van der Waals surface area contributed by atoms with E-state index in [1.807, 2.05) is 25.2 Å². The zero-order valence-electron chi connectivity index (χ0n) is 46.6. The molecule has 11 bridgehead atoms. The Kier molecular flexibility index (Phi) is 15.2. The van der Waals surface area contributed by atoms with Crippen LogP contribution in [0.2, 0.25) is 0 Å². The molecule has 12 rings (SSSR count). The molecule has 3 heterocycles. The van der Waals surface area contributed by atoms with Crippen LogP contribution in [0.5, 0.6) is 11.5 Å². The number of aliphatic hydroxyl groups excluding tert-OH is 3. The number of Topliss-reactive ketones (excluding diaryl/α,β-unsaturated/α-hetero) is 1. The van der Waals surface area contributed by atoms with Crippen LogP contribution in [0, 0.1) is 41.4 Å². The van der Waals surface area contributed by atoms with Gasteiger partial charge in [0.15, 0.2) is 0 Å². The van der Waals surface area contributed by atoms with Crippen molar-refractivity contribution in [2.24, 2.45) is 29.6 Å². The number of hydrogen-bond donors (Lipinski definition) is 8. The first-order valence-corrected chi connectivity index (χ1v) is 29.9. The van der Waals surface area contributed by atoms with Crippen LogP contribution >= 0.6 is 0 Å². The van der Waals surface area contributed by atoms with E-state index < -0.39 is 71.2 Å². The van der Waals surface area contributed by atoms with E-state index in [4.69, 9.17) is 14.2 Å². The molecule has 8 N–H and O–H groups in total. The summed E-state index contributed by atoms with van der Waals surface area (Å²) in [5.41, 5.74) is 4.83. The van der Waals surface area contributed by atoms with E-state index in [0.29, 0.717) is 96.2 Å². The summed E-state index contributed by atoms with van der Waals surface area (Å²) in [6.07, 6.45) is 9.59. The van der Waals surface area contributed by atoms with Crippen molar-refractivity contribution in [2.75, 3.05) is 32.6 Å². The standard InChI is InChI=1S/C66H80N2O12/c1-65(76,57(71)33-78-3)34-68-54-29-42(27-49-44(54)19-21-53(67-2)62(49)74)38-15-16-39-32-59(72)80-63-46(39)28-43(61(73)60(63)37-9-5-4-6-10-37)31-58-66(77)51-12-8-7-11-40(51)26-47-48(55(69)22-20-52(47)66)24-35-13-14-36-17-18-45(50(25-38)64(75)79-58)56(70)30-41(36)23-35/h7,11,13-14,23,27-29,37-40,47-48,51-53,56-58,62,67-68,70-71,73-74,76-77H,4-6,8-10,12,17-22,24-26,30-34H2,1-3H3/b50-45+/t38-,39-,40-,47-,48-,51-,52+,53+,56+,57+,58+,62+,65+,66-/m0/s1. The second kappa shape index (κ2) is 22.1. The SMILES string of the molecule is CN[C@@H]1CCc2c(NC[C@@](C)(O)[C@H](O)COC)cc([C@H]3C#C[C@H]4CC(=O)Oc5c4cc(c(O)c5C4CCCCC4)C[C@H]4OC(=O)/C(=C5\CCc6ccc(cc6C[C@H]5O)C[C@@H]5C(=O)CC[C@@H]6[C@H]5C[C@@H]5C=CCC[C@@H]5[C@]64O)C3)cc2[C@H]1O. The van der Waals surface area contributed by atoms with Gasteiger partial charge in [0, 0.05) is 73.2 Å². The summed E-state index contributed by atoms with van der Waals surface area (Å²) in [5.74, 6) is 3.26. The summed E-state index contributed by atoms with van der Waals surface area (Å²) >= 11 is 0. The molecule has 3 fully saturated rings. The molecule has 3 aromatic rings. The third-order valence-corrected chi connectivity index (χ3v) is 20.8. The quantitative estimate of drug-likeness (QED) is 0.0449. The number of carbonyl (C=O) groups excluding carboxylic acids is 3. The number of ketones is 1. The molecule has 0 radical (unpaired) electrons. The Bertz CT molecular complexity index is 3070. The summed E-state index contributed by atoms with van der Waals surface area (Å²) in [6.45, 7) is 1.35. The van der Waals surface area contributed by atoms with E-state index in [0.717, 1.165) is 60.8 Å². The molecule has 14 nitrogen and oxygen atoms in total. The maximum Gasteiger partial charge on any atom is 0.334 e. The van der Waals surface area contributed by atoms with Crippen molar-refractivity contribution in [1.29, 1.82) is 0 Å². The van der Waals surface area contributed by atoms with Gasteiger partial charge in [0.05, 0.1) is 31.2 Å². The molecule has 3 aliphatic heterocycles. The van der Waals surface area contributed by atoms with Crippen molar-refractivity contribution in [1.82, 2.24) is 5.32 Å². The topological polar surface area (TPSA) is 224 Å². The Morgan fingerprint density at radius 1 is 0.863 bits per heavy atom. The van der Waals surface area contributed by atoms with Crippen LogP contribution in [-0.4, -0.2) is 111 Å². The number of ether oxygens (including phenoxy) is 3. The highest BCUT2D eigenvalue weighted by Gasteiger charge is 2.62. The number of phenols is 1. The number of aryl methyl sites for hydroxylation is 1. The largest absolute Gasteiger partial charge is 0.507 e. The number of benzene rings is 3. The Hall–Kier alpha value is -5.37. The highest BCUT2D eigenvalue weighted by Crippen LogP contribution is 2.59. The molecule has 3 saturated carbocycles. The number of aromatic hydroxyl groups is 1. The monoisotopic (exact) mass is 1090 g/mol. The molecule has 426 valence electrons. The van der Waals surface area contributed by atoms with E-state index in [-0.39, 0.29) is 92.1 Å². The molecule has 80 heavy (non-hydrogen) atoms. The molecule has 0 saturated heterocycles. The third-order valence-electron chi connectivity index (χ3n) is 20.8. The lowest BCUT2D eigenvalue weighted by molar-refractivity contribution is -0.221. The van der Waals surface area contributed by atoms with Gasteiger partial charge in [0.25, 0.3) is 0 Å². The second-order valence-electron chi connectivity index (χ2n) is 25.4. The lowest BCUT2D eigenvalue weighted by Gasteiger charge is -2.58. The van der Waals surface area contributed by atoms with Gasteiger partial charge in [-0.15, -0.1) is 0 Å². The predicted molar refractivity (Wildman–Crippen MR) is 300 cm³/mol. The summed E-state index contributed by atoms with van der Waals surface area (Å²) in [5, 5.41) is 81.6. The molecule has 14 heteroatoms. The molecule has 0 amide bonds. The molecular formula is C66H80N2O12. The smallest absolute Gasteiger partial charge is 0.334 e. The average molecular weight is 1090 g/mol. The molecular weight excluding hydrogens is 1010 g/mol. The molecule has 9 aliphatic rings. The number of anilines is 1. The molecule has 0 spiro atoms. The average Bonchev–Trinajstić information content (AvgIpc) is 3.79. The lowest BCUT2D eigenvalue weighted by Crippen LogP contribution is -2.65. The summed E-state index contributed by atoms with van der Waals surface area (Å²) in [4.78, 5) is 44.8. The number of allylic oxidation sites excluding steroid dienone is 2. The normalized spacial score (nSPS) is 34.0. The Labute approximate surface area is 469 Å². The van der Waals surface area contributed by atoms with Crippen molar-refractivity contribution >= 4 is 23.4 Å². The van der Waals surface area contributed by atoms with E-state index in [1.165, 1.54) is 14.0 Å². The maximum absolute atomic E-state index is 16.3. The molecule has 0 unspecified atom stereocenters. The molecule has 3 aromatic carbocycles. The van der Waals surface area contributed by atoms with Crippen LogP contribution in [0.15, 0.2) is 59.7 Å². The molecule has 0 aromatic heterocycles. The third kappa shape index (κ3) is 9.94. The van der Waals surface area contributed by atoms with Gasteiger partial charge in [-0.25, -0.2) is 4.79 Å². The van der Waals surface area contributed by atoms with Crippen LogP contribution in [-0.2, 0) is 56.0 Å². The van der Waals surface area contributed by atoms with Crippen molar-refractivity contribution in [3.05, 3.63) is 110 Å². The predicted octanol–water partition coefficient (Wildman–Crippen LogP) is 7.55. The number of carbonyl (C=O) groups is 3. The number of aliphatic hydroxyl groups is 5. The minimum Gasteiger partial charge on any atom is -0.507 e. The van der Waals surface area contributed by atoms with Gasteiger partial charge in [-0.1, -0.05) is 67.5 Å². The van der Waals surface area contributed by atoms with Crippen LogP contribution in [0.3, 0.4) is 0 Å². The first-order chi connectivity index (χ1) is 38.5. The number of nitrogens with one attached hydrogen (secondary N) is 2. The number of methoxy groups -OCH3 is 1. The number of likely N-dealkylation sites (N-methyl/N-ethyl adjacent to an activating group) is 1. The molecule has 6 aliphatic carbocycles. The number of esters is 2. The fourth-order valence-electron chi connectivity index (χ4n) is 16.4. The van der Waals surface area contributed by atoms with Crippen molar-refractivity contribution in [2.45, 2.75) is 188 Å². The second-order valence-corrected chi connectivity index (χ2v) is 25.4. The number of fused-ring (bicyclic) bond motifs is 11. The van der Waals surface area contributed by atoms with Gasteiger partial charge in [-0.05, 0) is 177 Å². The first kappa shape index (κ1) is 55.2. The minimum absolute atomic E-state index is 0.0293. The van der Waals surface area contributed by atoms with Crippen LogP contribution in [0.4, 0.5) is 5.69 Å². The Morgan fingerprint density at radius 2 is 1.68 bits per heavy atom. The van der Waals surface area contributed by atoms with Gasteiger partial charge < -0.3 is 55.5 Å². The minimum atomic E-state index is -1.67. The van der Waals surface area contributed by atoms with Crippen LogP contribution in [0.1, 0.15) is 171 Å². The van der Waals surface area contributed by atoms with Gasteiger partial charge in [-0.3, -0.25) is 9.59 Å². The fraction of sp³-hybridized carbons (Fsp3) is 0.591. The lowest BCUT2D eigenvalue weighted by atomic mass is 9.49. The Balaban J connectivity index is 1.10. The molecule has 14 atom stereocenters. The summed E-state index contributed by atoms with van der Waals surface area (Å²) in [7, 11) is 3.27. The summed E-state index contributed by atoms with van der Waals surface area (Å²) < 4.78 is 18.7. The van der Waals surface area contributed by atoms with Gasteiger partial charge in [0.1, 0.15) is 40.7 Å². The summed E-state index contributed by atoms with van der Waals surface area (Å²) in [6, 6.07) is 11.8. The number of rotatable bonds is 9. The zero-order chi connectivity index (χ0) is 55.8. The fourth-order valence-corrected chi connectivity index (χ4v) is 16.4. The highest BCUT2D eigenvalue weighted by atomic mass is 16.6. The van der Waals surface area contributed by atoms with Crippen LogP contribution in [0.25, 0.3) is 0 Å². The van der Waals surface area contributed by atoms with Crippen molar-refractivity contribution in [3.8, 4) is 23.3 Å². The van der Waals surface area contributed by atoms with Crippen molar-refractivity contribution < 1.29 is 59.2 Å². The van der Waals surface area contributed by atoms with Gasteiger partial charge in [0.2, 0.25) is 0 Å². The van der Waals surface area contributed by atoms with Crippen LogP contribution < -0.4 is 15.4 Å². The van der Waals surface area contributed by atoms with E-state index >= 15 is 4.79 Å².